The van der Waals surface area contributed by atoms with Crippen molar-refractivity contribution in [3.05, 3.63) is 48.0 Å². The molecule has 0 amide bonds. The predicted molar refractivity (Wildman–Crippen MR) is 58.6 cm³/mol. The molecule has 0 atom stereocenters. The molecular weight excluding hydrogens is 205 g/mol. The molecular formula is C12H12FN3. The number of nitrogens with two attached hydrogens (primary N) is 1. The summed E-state index contributed by atoms with van der Waals surface area (Å²) >= 11 is 0. The topological polar surface area (TPSA) is 43.8 Å². The highest BCUT2D eigenvalue weighted by Gasteiger charge is 2.41. The van der Waals surface area contributed by atoms with Gasteiger partial charge in [-0.15, -0.1) is 0 Å². The standard InChI is InChI=1S/C12H12FN3/c13-10-1-3-11(4-2-10)16-8-9(7-15-16)12(14)5-6-12/h1-4,7-8H,5-6,14H2. The monoisotopic (exact) mass is 217 g/mol. The van der Waals surface area contributed by atoms with Crippen molar-refractivity contribution in [1.82, 2.24) is 9.78 Å². The van der Waals surface area contributed by atoms with E-state index < -0.39 is 0 Å². The van der Waals surface area contributed by atoms with Gasteiger partial charge in [0.05, 0.1) is 11.9 Å². The zero-order valence-corrected chi connectivity index (χ0v) is 8.73. The van der Waals surface area contributed by atoms with Gasteiger partial charge in [-0.1, -0.05) is 0 Å². The largest absolute Gasteiger partial charge is 0.321 e. The molecule has 16 heavy (non-hydrogen) atoms. The van der Waals surface area contributed by atoms with Crippen LogP contribution in [0, 0.1) is 5.82 Å². The predicted octanol–water partition coefficient (Wildman–Crippen LogP) is 1.96. The maximum absolute atomic E-state index is 12.8. The van der Waals surface area contributed by atoms with Crippen molar-refractivity contribution in [2.75, 3.05) is 0 Å². The van der Waals surface area contributed by atoms with Gasteiger partial charge in [0.1, 0.15) is 5.82 Å². The third kappa shape index (κ3) is 1.51. The Hall–Kier alpha value is -1.68. The second-order valence-electron chi connectivity index (χ2n) is 4.31. The van der Waals surface area contributed by atoms with E-state index in [1.54, 1.807) is 23.0 Å². The maximum Gasteiger partial charge on any atom is 0.123 e. The number of aromatic nitrogens is 2. The van der Waals surface area contributed by atoms with Gasteiger partial charge in [-0.3, -0.25) is 0 Å². The molecule has 3 rings (SSSR count). The lowest BCUT2D eigenvalue weighted by Crippen LogP contribution is -2.17. The molecule has 82 valence electrons. The number of rotatable bonds is 2. The summed E-state index contributed by atoms with van der Waals surface area (Å²) in [4.78, 5) is 0. The van der Waals surface area contributed by atoms with Crippen molar-refractivity contribution >= 4 is 0 Å². The SMILES string of the molecule is NC1(c2cnn(-c3ccc(F)cc3)c2)CC1. The molecule has 0 aliphatic heterocycles. The molecule has 0 bridgehead atoms. The average molecular weight is 217 g/mol. The second-order valence-corrected chi connectivity index (χ2v) is 4.31. The first kappa shape index (κ1) is 9.54. The number of benzene rings is 1. The van der Waals surface area contributed by atoms with Crippen LogP contribution < -0.4 is 5.73 Å². The van der Waals surface area contributed by atoms with Crippen LogP contribution in [0.15, 0.2) is 36.7 Å². The van der Waals surface area contributed by atoms with Crippen LogP contribution in [0.5, 0.6) is 0 Å². The molecule has 2 aromatic rings. The molecule has 0 radical (unpaired) electrons. The molecule has 1 aromatic carbocycles. The van der Waals surface area contributed by atoms with Gasteiger partial charge < -0.3 is 5.73 Å². The van der Waals surface area contributed by atoms with Gasteiger partial charge in [0.25, 0.3) is 0 Å². The van der Waals surface area contributed by atoms with Gasteiger partial charge in [-0.25, -0.2) is 9.07 Å². The van der Waals surface area contributed by atoms with Crippen LogP contribution in [0.1, 0.15) is 18.4 Å². The van der Waals surface area contributed by atoms with Crippen LogP contribution in [-0.4, -0.2) is 9.78 Å². The fraction of sp³-hybridized carbons (Fsp3) is 0.250. The smallest absolute Gasteiger partial charge is 0.123 e. The Morgan fingerprint density at radius 3 is 2.56 bits per heavy atom. The molecule has 0 spiro atoms. The quantitative estimate of drug-likeness (QED) is 0.835. The minimum absolute atomic E-state index is 0.168. The summed E-state index contributed by atoms with van der Waals surface area (Å²) in [7, 11) is 0. The lowest BCUT2D eigenvalue weighted by Gasteiger charge is -2.03. The second kappa shape index (κ2) is 3.15. The summed E-state index contributed by atoms with van der Waals surface area (Å²) in [6.45, 7) is 0. The molecule has 1 heterocycles. The first-order valence-corrected chi connectivity index (χ1v) is 5.27. The van der Waals surface area contributed by atoms with E-state index in [1.165, 1.54) is 12.1 Å². The van der Waals surface area contributed by atoms with E-state index in [-0.39, 0.29) is 11.4 Å². The molecule has 0 saturated heterocycles. The van der Waals surface area contributed by atoms with E-state index in [4.69, 9.17) is 5.73 Å². The van der Waals surface area contributed by atoms with E-state index in [0.717, 1.165) is 24.1 Å². The van der Waals surface area contributed by atoms with E-state index in [1.807, 2.05) is 6.20 Å². The summed E-state index contributed by atoms with van der Waals surface area (Å²) in [5, 5.41) is 4.24. The first-order valence-electron chi connectivity index (χ1n) is 5.27. The van der Waals surface area contributed by atoms with E-state index >= 15 is 0 Å². The molecule has 0 unspecified atom stereocenters. The third-order valence-electron chi connectivity index (χ3n) is 3.04. The lowest BCUT2D eigenvalue weighted by atomic mass is 10.1. The van der Waals surface area contributed by atoms with Crippen LogP contribution >= 0.6 is 0 Å². The normalized spacial score (nSPS) is 17.4. The summed E-state index contributed by atoms with van der Waals surface area (Å²) in [5.41, 5.74) is 7.80. The van der Waals surface area contributed by atoms with E-state index in [2.05, 4.69) is 5.10 Å². The van der Waals surface area contributed by atoms with E-state index in [9.17, 15) is 4.39 Å². The molecule has 1 aromatic heterocycles. The fourth-order valence-electron chi connectivity index (χ4n) is 1.74. The highest BCUT2D eigenvalue weighted by Crippen LogP contribution is 2.42. The van der Waals surface area contributed by atoms with Crippen molar-refractivity contribution in [2.45, 2.75) is 18.4 Å². The fourth-order valence-corrected chi connectivity index (χ4v) is 1.74. The molecule has 1 aliphatic carbocycles. The Labute approximate surface area is 92.7 Å². The molecule has 4 heteroatoms. The van der Waals surface area contributed by atoms with Gasteiger partial charge in [0, 0.05) is 17.3 Å². The highest BCUT2D eigenvalue weighted by atomic mass is 19.1. The van der Waals surface area contributed by atoms with Crippen molar-refractivity contribution in [1.29, 1.82) is 0 Å². The van der Waals surface area contributed by atoms with Crippen molar-refractivity contribution in [2.24, 2.45) is 5.73 Å². The summed E-state index contributed by atoms with van der Waals surface area (Å²) in [6, 6.07) is 6.24. The minimum atomic E-state index is -0.242. The van der Waals surface area contributed by atoms with Crippen LogP contribution in [-0.2, 0) is 5.54 Å². The summed E-state index contributed by atoms with van der Waals surface area (Å²) in [6.07, 6.45) is 5.74. The minimum Gasteiger partial charge on any atom is -0.321 e. The molecule has 3 nitrogen and oxygen atoms in total. The Morgan fingerprint density at radius 1 is 1.25 bits per heavy atom. The lowest BCUT2D eigenvalue weighted by molar-refractivity contribution is 0.627. The zero-order valence-electron chi connectivity index (χ0n) is 8.73. The average Bonchev–Trinajstić information content (AvgIpc) is 2.84. The maximum atomic E-state index is 12.8. The van der Waals surface area contributed by atoms with Gasteiger partial charge in [-0.05, 0) is 37.1 Å². The number of halogens is 1. The molecule has 1 aliphatic rings. The van der Waals surface area contributed by atoms with Crippen molar-refractivity contribution < 1.29 is 4.39 Å². The molecule has 2 N–H and O–H groups in total. The Kier molecular flexibility index (Phi) is 1.88. The number of hydrogen-bond acceptors (Lipinski definition) is 2. The molecule has 1 saturated carbocycles. The van der Waals surface area contributed by atoms with Gasteiger partial charge in [-0.2, -0.15) is 5.10 Å². The molecule has 1 fully saturated rings. The Bertz CT molecular complexity index is 511. The van der Waals surface area contributed by atoms with Crippen molar-refractivity contribution in [3.8, 4) is 5.69 Å². The third-order valence-corrected chi connectivity index (χ3v) is 3.04. The number of nitrogens with zero attached hydrogens (tertiary/aromatic N) is 2. The van der Waals surface area contributed by atoms with Crippen LogP contribution in [0.2, 0.25) is 0 Å². The first-order chi connectivity index (χ1) is 7.67. The Morgan fingerprint density at radius 2 is 1.94 bits per heavy atom. The van der Waals surface area contributed by atoms with Crippen LogP contribution in [0.3, 0.4) is 0 Å². The summed E-state index contributed by atoms with van der Waals surface area (Å²) in [5.74, 6) is -0.242. The van der Waals surface area contributed by atoms with Gasteiger partial charge in [0.2, 0.25) is 0 Å². The number of hydrogen-bond donors (Lipinski definition) is 1. The van der Waals surface area contributed by atoms with Crippen molar-refractivity contribution in [3.63, 3.8) is 0 Å². The summed E-state index contributed by atoms with van der Waals surface area (Å²) < 4.78 is 14.5. The zero-order chi connectivity index (χ0) is 11.2. The van der Waals surface area contributed by atoms with Gasteiger partial charge >= 0.3 is 0 Å². The van der Waals surface area contributed by atoms with Gasteiger partial charge in [0.15, 0.2) is 0 Å². The Balaban J connectivity index is 1.95. The van der Waals surface area contributed by atoms with Crippen LogP contribution in [0.4, 0.5) is 4.39 Å². The van der Waals surface area contributed by atoms with Crippen LogP contribution in [0.25, 0.3) is 5.69 Å². The highest BCUT2D eigenvalue weighted by molar-refractivity contribution is 5.34. The van der Waals surface area contributed by atoms with E-state index in [0.29, 0.717) is 0 Å².